The third kappa shape index (κ3) is 5.57. The van der Waals surface area contributed by atoms with Crippen molar-refractivity contribution in [2.75, 3.05) is 24.5 Å². The van der Waals surface area contributed by atoms with Gasteiger partial charge in [0.25, 0.3) is 0 Å². The molecule has 31 heavy (non-hydrogen) atoms. The summed E-state index contributed by atoms with van der Waals surface area (Å²) in [6.07, 6.45) is 4.88. The first-order valence-corrected chi connectivity index (χ1v) is 10.5. The van der Waals surface area contributed by atoms with Crippen molar-refractivity contribution in [1.82, 2.24) is 9.88 Å². The molecule has 1 aromatic carbocycles. The number of rotatable bonds is 4. The molecule has 2 aliphatic rings. The topological polar surface area (TPSA) is 98.6 Å². The quantitative estimate of drug-likeness (QED) is 0.603. The molecule has 0 saturated carbocycles. The number of pyridine rings is 1. The van der Waals surface area contributed by atoms with Crippen LogP contribution in [-0.4, -0.2) is 47.8 Å². The molecule has 2 aromatic rings. The highest BCUT2D eigenvalue weighted by molar-refractivity contribution is 5.79. The van der Waals surface area contributed by atoms with Gasteiger partial charge in [-0.3, -0.25) is 4.79 Å². The lowest BCUT2D eigenvalue weighted by Crippen LogP contribution is -2.51. The summed E-state index contributed by atoms with van der Waals surface area (Å²) in [6, 6.07) is 12.5. The highest BCUT2D eigenvalue weighted by atomic mass is 19.1. The molecule has 4 rings (SSSR count). The van der Waals surface area contributed by atoms with E-state index in [0.717, 1.165) is 43.7 Å². The molecule has 0 unspecified atom stereocenters. The molecule has 0 aliphatic carbocycles. The third-order valence-corrected chi connectivity index (χ3v) is 5.44. The predicted molar refractivity (Wildman–Crippen MR) is 119 cm³/mol. The number of hydrogen-bond acceptors (Lipinski definition) is 5. The van der Waals surface area contributed by atoms with Crippen LogP contribution in [0.4, 0.5) is 15.9 Å². The van der Waals surface area contributed by atoms with E-state index >= 15 is 0 Å². The first-order chi connectivity index (χ1) is 15.0. The van der Waals surface area contributed by atoms with Crippen molar-refractivity contribution in [3.05, 3.63) is 53.5 Å². The van der Waals surface area contributed by atoms with E-state index in [-0.39, 0.29) is 17.5 Å². The van der Waals surface area contributed by atoms with Gasteiger partial charge in [0.05, 0.1) is 11.9 Å². The molecule has 8 heteroatoms. The van der Waals surface area contributed by atoms with Gasteiger partial charge in [0, 0.05) is 43.5 Å². The number of anilines is 1. The zero-order valence-corrected chi connectivity index (χ0v) is 17.7. The van der Waals surface area contributed by atoms with E-state index in [4.69, 9.17) is 11.0 Å². The highest BCUT2D eigenvalue weighted by Gasteiger charge is 2.35. The molecular weight excluding hydrogens is 395 g/mol. The fraction of sp³-hybridized carbons (Fsp3) is 0.391. The number of piperazine rings is 1. The van der Waals surface area contributed by atoms with Crippen LogP contribution in [0, 0.1) is 17.1 Å². The Kier molecular flexibility index (Phi) is 7.55. The number of halogens is 1. The maximum absolute atomic E-state index is 13.3. The second-order valence-corrected chi connectivity index (χ2v) is 7.52. The number of aliphatic imine (C=N–C) groups is 1. The molecule has 0 spiro atoms. The van der Waals surface area contributed by atoms with E-state index in [1.807, 2.05) is 29.2 Å². The molecule has 2 fully saturated rings. The Hall–Kier alpha value is -3.47. The molecule has 7 nitrogen and oxygen atoms in total. The van der Waals surface area contributed by atoms with Gasteiger partial charge in [-0.05, 0) is 43.2 Å². The Labute approximate surface area is 182 Å². The molecule has 3 heterocycles. The van der Waals surface area contributed by atoms with Gasteiger partial charge in [-0.1, -0.05) is 19.4 Å². The molecule has 162 valence electrons. The van der Waals surface area contributed by atoms with E-state index in [1.54, 1.807) is 12.1 Å². The van der Waals surface area contributed by atoms with Crippen LogP contribution in [0.15, 0.2) is 41.4 Å². The number of amides is 1. The summed E-state index contributed by atoms with van der Waals surface area (Å²) in [5, 5.41) is 8.86. The van der Waals surface area contributed by atoms with Gasteiger partial charge < -0.3 is 15.5 Å². The highest BCUT2D eigenvalue weighted by Crippen LogP contribution is 2.27. The van der Waals surface area contributed by atoms with E-state index in [2.05, 4.69) is 21.8 Å². The summed E-state index contributed by atoms with van der Waals surface area (Å²) in [4.78, 5) is 23.8. The SMILES string of the molecule is CCCc1cccc(/N=C\N)n1.N#Cc1cc(N2CCN3C(=O)CC[C@H]3C2)ccc1F. The van der Waals surface area contributed by atoms with Gasteiger partial charge in [-0.25, -0.2) is 14.4 Å². The van der Waals surface area contributed by atoms with Gasteiger partial charge in [-0.15, -0.1) is 0 Å². The Morgan fingerprint density at radius 3 is 2.94 bits per heavy atom. The van der Waals surface area contributed by atoms with E-state index in [9.17, 15) is 9.18 Å². The zero-order valence-electron chi connectivity index (χ0n) is 17.7. The fourth-order valence-electron chi connectivity index (χ4n) is 3.91. The minimum Gasteiger partial charge on any atom is -0.390 e. The molecule has 2 N–H and O–H groups in total. The number of nitrogens with two attached hydrogens (primary N) is 1. The first-order valence-electron chi connectivity index (χ1n) is 10.5. The number of fused-ring (bicyclic) bond motifs is 1. The van der Waals surface area contributed by atoms with E-state index < -0.39 is 5.82 Å². The number of carbonyl (C=O) groups is 1. The summed E-state index contributed by atoms with van der Waals surface area (Å²) in [6.45, 7) is 4.34. The zero-order chi connectivity index (χ0) is 22.2. The minimum atomic E-state index is -0.485. The monoisotopic (exact) mass is 422 g/mol. The van der Waals surface area contributed by atoms with Crippen LogP contribution < -0.4 is 10.6 Å². The van der Waals surface area contributed by atoms with Crippen molar-refractivity contribution < 1.29 is 9.18 Å². The van der Waals surface area contributed by atoms with Crippen LogP contribution in [0.1, 0.15) is 37.4 Å². The summed E-state index contributed by atoms with van der Waals surface area (Å²) < 4.78 is 13.3. The normalized spacial score (nSPS) is 17.8. The minimum absolute atomic E-state index is 0.0717. The summed E-state index contributed by atoms with van der Waals surface area (Å²) >= 11 is 0. The standard InChI is InChI=1S/C14H14FN3O.C9H13N3/c15-13-3-1-11(7-10(13)8-16)17-5-6-18-12(9-17)2-4-14(18)19;1-2-4-8-5-3-6-9(12-8)11-7-10/h1,3,7,12H,2,4-6,9H2;3,5-7H,2,4H2,1H3,(H2,10,11,12)/t12-;/m0./s1. The Balaban J connectivity index is 0.000000196. The summed E-state index contributed by atoms with van der Waals surface area (Å²) in [5.41, 5.74) is 7.15. The van der Waals surface area contributed by atoms with Crippen molar-refractivity contribution >= 4 is 23.8 Å². The smallest absolute Gasteiger partial charge is 0.223 e. The Morgan fingerprint density at radius 1 is 1.35 bits per heavy atom. The molecule has 2 saturated heterocycles. The van der Waals surface area contributed by atoms with Crippen LogP contribution in [0.3, 0.4) is 0 Å². The van der Waals surface area contributed by atoms with Crippen molar-refractivity contribution in [3.8, 4) is 6.07 Å². The fourth-order valence-corrected chi connectivity index (χ4v) is 3.91. The largest absolute Gasteiger partial charge is 0.390 e. The van der Waals surface area contributed by atoms with Gasteiger partial charge >= 0.3 is 0 Å². The average Bonchev–Trinajstić information content (AvgIpc) is 3.15. The van der Waals surface area contributed by atoms with Crippen LogP contribution in [0.25, 0.3) is 0 Å². The average molecular weight is 423 g/mol. The number of nitriles is 1. The molecule has 0 radical (unpaired) electrons. The number of benzene rings is 1. The van der Waals surface area contributed by atoms with Crippen LogP contribution >= 0.6 is 0 Å². The number of carbonyl (C=O) groups excluding carboxylic acids is 1. The summed E-state index contributed by atoms with van der Waals surface area (Å²) in [5.74, 6) is 0.436. The Morgan fingerprint density at radius 2 is 2.19 bits per heavy atom. The van der Waals surface area contributed by atoms with Crippen LogP contribution in [-0.2, 0) is 11.2 Å². The van der Waals surface area contributed by atoms with E-state index in [0.29, 0.717) is 18.8 Å². The number of aryl methyl sites for hydroxylation is 1. The summed E-state index contributed by atoms with van der Waals surface area (Å²) in [7, 11) is 0. The second-order valence-electron chi connectivity index (χ2n) is 7.52. The maximum atomic E-state index is 13.3. The van der Waals surface area contributed by atoms with Crippen LogP contribution in [0.2, 0.25) is 0 Å². The Bertz CT molecular complexity index is 986. The molecular formula is C23H27FN6O. The van der Waals surface area contributed by atoms with Gasteiger partial charge in [-0.2, -0.15) is 5.26 Å². The first kappa shape index (κ1) is 22.2. The van der Waals surface area contributed by atoms with Gasteiger partial charge in [0.15, 0.2) is 5.82 Å². The number of nitrogens with zero attached hydrogens (tertiary/aromatic N) is 5. The lowest BCUT2D eigenvalue weighted by atomic mass is 10.1. The van der Waals surface area contributed by atoms with Crippen molar-refractivity contribution in [3.63, 3.8) is 0 Å². The predicted octanol–water partition coefficient (Wildman–Crippen LogP) is 3.16. The molecule has 1 atom stereocenters. The number of hydrogen-bond donors (Lipinski definition) is 1. The maximum Gasteiger partial charge on any atom is 0.223 e. The van der Waals surface area contributed by atoms with Crippen molar-refractivity contribution in [2.45, 2.75) is 38.6 Å². The lowest BCUT2D eigenvalue weighted by Gasteiger charge is -2.38. The van der Waals surface area contributed by atoms with E-state index in [1.165, 1.54) is 12.4 Å². The van der Waals surface area contributed by atoms with Crippen LogP contribution in [0.5, 0.6) is 0 Å². The number of aromatic nitrogens is 1. The molecule has 0 bridgehead atoms. The lowest BCUT2D eigenvalue weighted by molar-refractivity contribution is -0.129. The van der Waals surface area contributed by atoms with Gasteiger partial charge in [0.2, 0.25) is 5.91 Å². The molecule has 1 aromatic heterocycles. The second kappa shape index (κ2) is 10.5. The van der Waals surface area contributed by atoms with Crippen molar-refractivity contribution in [2.24, 2.45) is 10.7 Å². The molecule has 2 aliphatic heterocycles. The third-order valence-electron chi connectivity index (χ3n) is 5.44. The van der Waals surface area contributed by atoms with Gasteiger partial charge in [0.1, 0.15) is 11.9 Å². The molecule has 1 amide bonds. The van der Waals surface area contributed by atoms with Crippen molar-refractivity contribution in [1.29, 1.82) is 5.26 Å².